The molecule has 6 aromatic rings. The van der Waals surface area contributed by atoms with Crippen LogP contribution in [-0.2, 0) is 17.1 Å². The van der Waals surface area contributed by atoms with Gasteiger partial charge < -0.3 is 10.8 Å². The molecular formula is C33H30N10O4S. The predicted molar refractivity (Wildman–Crippen MR) is 181 cm³/mol. The lowest BCUT2D eigenvalue weighted by Crippen LogP contribution is -2.33. The summed E-state index contributed by atoms with van der Waals surface area (Å²) in [5.41, 5.74) is 8.99. The van der Waals surface area contributed by atoms with Crippen LogP contribution in [-0.4, -0.2) is 54.1 Å². The minimum absolute atomic E-state index is 0.0168. The third kappa shape index (κ3) is 6.90. The van der Waals surface area contributed by atoms with Crippen LogP contribution in [0.25, 0.3) is 27.8 Å². The average molecular weight is 663 g/mol. The van der Waals surface area contributed by atoms with Crippen LogP contribution in [0.5, 0.6) is 0 Å². The molecule has 242 valence electrons. The maximum Gasteiger partial charge on any atom is 0.267 e. The molecule has 4 heterocycles. The molecule has 4 aromatic heterocycles. The third-order valence-electron chi connectivity index (χ3n) is 7.20. The van der Waals surface area contributed by atoms with Gasteiger partial charge >= 0.3 is 0 Å². The fourth-order valence-electron chi connectivity index (χ4n) is 5.09. The molecule has 0 bridgehead atoms. The number of benzene rings is 2. The number of nitrogens with one attached hydrogen (secondary N) is 2. The topological polar surface area (TPSA) is 196 Å². The van der Waals surface area contributed by atoms with Crippen molar-refractivity contribution < 1.29 is 13.5 Å². The molecule has 5 N–H and O–H groups in total. The summed E-state index contributed by atoms with van der Waals surface area (Å²) in [6.07, 6.45) is 7.25. The van der Waals surface area contributed by atoms with Crippen LogP contribution in [0.3, 0.4) is 0 Å². The molecule has 6 rings (SSSR count). The zero-order valence-electron chi connectivity index (χ0n) is 26.0. The van der Waals surface area contributed by atoms with Crippen molar-refractivity contribution in [2.75, 3.05) is 16.7 Å². The number of aryl methyl sites for hydroxylation is 1. The van der Waals surface area contributed by atoms with Crippen molar-refractivity contribution in [3.05, 3.63) is 119 Å². The van der Waals surface area contributed by atoms with Crippen LogP contribution in [0.4, 0.5) is 11.5 Å². The second-order valence-electron chi connectivity index (χ2n) is 11.0. The third-order valence-corrected chi connectivity index (χ3v) is 7.81. The quantitative estimate of drug-likeness (QED) is 0.138. The first kappa shape index (κ1) is 32.0. The number of hydrogen-bond donors (Lipinski definition) is 4. The van der Waals surface area contributed by atoms with E-state index in [1.165, 1.54) is 29.2 Å². The van der Waals surface area contributed by atoms with E-state index in [2.05, 4.69) is 41.9 Å². The molecule has 0 fully saturated rings. The number of nitrogens with zero attached hydrogens (tertiary/aromatic N) is 7. The summed E-state index contributed by atoms with van der Waals surface area (Å²) in [6, 6.07) is 15.2. The molecular weight excluding hydrogens is 632 g/mol. The highest BCUT2D eigenvalue weighted by molar-refractivity contribution is 7.92. The van der Waals surface area contributed by atoms with E-state index in [1.807, 2.05) is 18.2 Å². The normalized spacial score (nSPS) is 12.7. The van der Waals surface area contributed by atoms with Gasteiger partial charge in [-0.2, -0.15) is 5.10 Å². The first-order chi connectivity index (χ1) is 23.0. The molecule has 0 aliphatic carbocycles. The van der Waals surface area contributed by atoms with Gasteiger partial charge in [-0.15, -0.1) is 0 Å². The monoisotopic (exact) mass is 662 g/mol. The number of pyridine rings is 1. The van der Waals surface area contributed by atoms with Crippen molar-refractivity contribution in [2.24, 2.45) is 7.05 Å². The van der Waals surface area contributed by atoms with E-state index in [4.69, 9.17) is 10.7 Å². The Kier molecular flexibility index (Phi) is 8.70. The Bertz CT molecular complexity index is 2380. The lowest BCUT2D eigenvalue weighted by molar-refractivity contribution is 0.120. The molecule has 15 heteroatoms. The zero-order chi connectivity index (χ0) is 34.0. The molecule has 2 atom stereocenters. The number of nitrogens with two attached hydrogens (primary N) is 1. The Hall–Kier alpha value is -5.95. The second-order valence-corrected chi connectivity index (χ2v) is 12.7. The number of aromatic nitrogens is 7. The van der Waals surface area contributed by atoms with E-state index in [0.29, 0.717) is 44.8 Å². The molecule has 0 spiro atoms. The molecule has 0 radical (unpaired) electrons. The standard InChI is InChI=1S/C33H30N10O4S/c1-20(38-32(44)29-30(34)36-18-27(39-29)23-14-24(17-35-16-23)41-48(3,46)47)31-40-26-11-7-8-22(13-12-21-15-37-42(2)19-21)28(26)33(45)43(31)25-9-5-4-6-10-25/h4-11,14-20,32,38,41,44H,1-3H3,(H2,34,36). The SMILES string of the molecule is CC(NC(O)c1nc(-c2cncc(NS(C)(=O)=O)c2)cnc1N)c1nc2cccc(C#Cc3cnn(C)c3)c2c(=O)n1-c1ccccc1. The zero-order valence-corrected chi connectivity index (χ0v) is 26.8. The fourth-order valence-corrected chi connectivity index (χ4v) is 5.63. The summed E-state index contributed by atoms with van der Waals surface area (Å²) in [7, 11) is -1.74. The molecule has 14 nitrogen and oxygen atoms in total. The Morgan fingerprint density at radius 2 is 1.79 bits per heavy atom. The maximum absolute atomic E-state index is 14.3. The van der Waals surface area contributed by atoms with Crippen molar-refractivity contribution >= 4 is 32.4 Å². The van der Waals surface area contributed by atoms with Crippen LogP contribution in [0.15, 0.2) is 90.4 Å². The maximum atomic E-state index is 14.3. The smallest absolute Gasteiger partial charge is 0.267 e. The summed E-state index contributed by atoms with van der Waals surface area (Å²) >= 11 is 0. The minimum Gasteiger partial charge on any atom is -0.382 e. The summed E-state index contributed by atoms with van der Waals surface area (Å²) < 4.78 is 28.9. The number of sulfonamides is 1. The number of aliphatic hydroxyl groups excluding tert-OH is 1. The summed E-state index contributed by atoms with van der Waals surface area (Å²) in [5, 5.41) is 18.9. The molecule has 0 aliphatic heterocycles. The average Bonchev–Trinajstić information content (AvgIpc) is 3.48. The van der Waals surface area contributed by atoms with Gasteiger partial charge in [0.25, 0.3) is 5.56 Å². The number of rotatable bonds is 8. The number of anilines is 2. The number of aliphatic hydroxyl groups is 1. The van der Waals surface area contributed by atoms with Crippen LogP contribution in [0, 0.1) is 11.8 Å². The summed E-state index contributed by atoms with van der Waals surface area (Å²) in [5.74, 6) is 6.45. The Balaban J connectivity index is 1.38. The van der Waals surface area contributed by atoms with Crippen LogP contribution < -0.4 is 21.3 Å². The number of nitrogen functional groups attached to an aromatic ring is 1. The van der Waals surface area contributed by atoms with Crippen LogP contribution in [0.1, 0.15) is 41.8 Å². The van der Waals surface area contributed by atoms with Crippen molar-refractivity contribution in [2.45, 2.75) is 19.2 Å². The largest absolute Gasteiger partial charge is 0.382 e. The molecule has 0 saturated carbocycles. The number of para-hydroxylation sites is 1. The van der Waals surface area contributed by atoms with Gasteiger partial charge in [-0.1, -0.05) is 36.1 Å². The van der Waals surface area contributed by atoms with Gasteiger partial charge in [0, 0.05) is 30.6 Å². The summed E-state index contributed by atoms with van der Waals surface area (Å²) in [4.78, 5) is 31.9. The first-order valence-corrected chi connectivity index (χ1v) is 16.5. The highest BCUT2D eigenvalue weighted by atomic mass is 32.2. The van der Waals surface area contributed by atoms with Gasteiger partial charge in [0.05, 0.1) is 64.4 Å². The Morgan fingerprint density at radius 1 is 1.00 bits per heavy atom. The molecule has 48 heavy (non-hydrogen) atoms. The van der Waals surface area contributed by atoms with Gasteiger partial charge in [0.15, 0.2) is 6.23 Å². The highest BCUT2D eigenvalue weighted by Crippen LogP contribution is 2.26. The lowest BCUT2D eigenvalue weighted by Gasteiger charge is -2.23. The Morgan fingerprint density at radius 3 is 2.52 bits per heavy atom. The Labute approximate surface area is 275 Å². The van der Waals surface area contributed by atoms with Gasteiger partial charge in [0.1, 0.15) is 17.3 Å². The van der Waals surface area contributed by atoms with E-state index < -0.39 is 22.3 Å². The van der Waals surface area contributed by atoms with Crippen molar-refractivity contribution in [3.63, 3.8) is 0 Å². The van der Waals surface area contributed by atoms with Gasteiger partial charge in [-0.05, 0) is 37.3 Å². The van der Waals surface area contributed by atoms with E-state index in [-0.39, 0.29) is 22.8 Å². The van der Waals surface area contributed by atoms with Crippen molar-refractivity contribution in [3.8, 4) is 28.8 Å². The van der Waals surface area contributed by atoms with E-state index >= 15 is 0 Å². The lowest BCUT2D eigenvalue weighted by atomic mass is 10.1. The minimum atomic E-state index is -3.54. The highest BCUT2D eigenvalue weighted by Gasteiger charge is 2.24. The predicted octanol–water partition coefficient (Wildman–Crippen LogP) is 2.67. The van der Waals surface area contributed by atoms with E-state index in [1.54, 1.807) is 61.4 Å². The van der Waals surface area contributed by atoms with Crippen molar-refractivity contribution in [1.29, 1.82) is 0 Å². The van der Waals surface area contributed by atoms with Crippen LogP contribution >= 0.6 is 0 Å². The van der Waals surface area contributed by atoms with E-state index in [9.17, 15) is 18.3 Å². The molecule has 0 saturated heterocycles. The van der Waals surface area contributed by atoms with Gasteiger partial charge in [-0.3, -0.25) is 29.1 Å². The molecule has 0 amide bonds. The molecule has 2 unspecified atom stereocenters. The van der Waals surface area contributed by atoms with Gasteiger partial charge in [-0.25, -0.2) is 23.4 Å². The first-order valence-electron chi connectivity index (χ1n) is 14.6. The summed E-state index contributed by atoms with van der Waals surface area (Å²) in [6.45, 7) is 1.75. The number of fused-ring (bicyclic) bond motifs is 1. The van der Waals surface area contributed by atoms with Crippen molar-refractivity contribution in [1.82, 2.24) is 39.6 Å². The van der Waals surface area contributed by atoms with Gasteiger partial charge in [0.2, 0.25) is 10.0 Å². The van der Waals surface area contributed by atoms with Crippen LogP contribution in [0.2, 0.25) is 0 Å². The van der Waals surface area contributed by atoms with E-state index in [0.717, 1.165) is 6.26 Å². The fraction of sp³-hybridized carbons (Fsp3) is 0.152. The second kappa shape index (κ2) is 13.0. The number of hydrogen-bond acceptors (Lipinski definition) is 11. The molecule has 0 aliphatic rings. The molecule has 2 aromatic carbocycles.